The largest absolute Gasteiger partial charge is 0.496 e. The van der Waals surface area contributed by atoms with Gasteiger partial charge in [0.15, 0.2) is 17.1 Å². The highest BCUT2D eigenvalue weighted by molar-refractivity contribution is 5.71. The Morgan fingerprint density at radius 2 is 2.10 bits per heavy atom. The average Bonchev–Trinajstić information content (AvgIpc) is 2.87. The van der Waals surface area contributed by atoms with Crippen LogP contribution in [0.25, 0.3) is 11.2 Å². The lowest BCUT2D eigenvalue weighted by Gasteiger charge is -2.06. The monoisotopic (exact) mass is 269 g/mol. The number of methoxy groups -OCH3 is 1. The molecule has 0 bridgehead atoms. The third-order valence-corrected chi connectivity index (χ3v) is 3.11. The summed E-state index contributed by atoms with van der Waals surface area (Å²) in [7, 11) is 1.67. The molecule has 0 aliphatic rings. The molecule has 0 aliphatic heterocycles. The number of aryl methyl sites for hydroxylation is 2. The summed E-state index contributed by atoms with van der Waals surface area (Å²) in [4.78, 5) is 8.49. The molecule has 0 radical (unpaired) electrons. The number of nitrogens with zero attached hydrogens (tertiary/aromatic N) is 2. The number of anilines is 1. The predicted molar refractivity (Wildman–Crippen MR) is 76.6 cm³/mol. The highest BCUT2D eigenvalue weighted by atomic mass is 16.5. The van der Waals surface area contributed by atoms with Crippen molar-refractivity contribution in [1.29, 1.82) is 0 Å². The van der Waals surface area contributed by atoms with Crippen LogP contribution >= 0.6 is 0 Å². The minimum atomic E-state index is 0.574. The lowest BCUT2D eigenvalue weighted by Crippen LogP contribution is -1.95. The summed E-state index contributed by atoms with van der Waals surface area (Å²) in [5, 5.41) is 0. The van der Waals surface area contributed by atoms with Gasteiger partial charge in [0.2, 0.25) is 0 Å². The zero-order chi connectivity index (χ0) is 13.9. The Bertz CT molecular complexity index is 737. The van der Waals surface area contributed by atoms with E-state index in [4.69, 9.17) is 14.9 Å². The molecule has 0 fully saturated rings. The van der Waals surface area contributed by atoms with E-state index in [1.165, 1.54) is 0 Å². The van der Waals surface area contributed by atoms with Crippen LogP contribution in [0.15, 0.2) is 40.9 Å². The number of oxazole rings is 1. The number of pyridine rings is 1. The first-order valence-corrected chi connectivity index (χ1v) is 6.39. The molecule has 0 saturated heterocycles. The van der Waals surface area contributed by atoms with E-state index in [2.05, 4.69) is 9.97 Å². The number of para-hydroxylation sites is 1. The number of ether oxygens (including phenoxy) is 1. The van der Waals surface area contributed by atoms with Gasteiger partial charge in [-0.15, -0.1) is 0 Å². The van der Waals surface area contributed by atoms with E-state index in [0.29, 0.717) is 29.2 Å². The highest BCUT2D eigenvalue weighted by Gasteiger charge is 2.09. The zero-order valence-electron chi connectivity index (χ0n) is 11.2. The van der Waals surface area contributed by atoms with Gasteiger partial charge < -0.3 is 14.9 Å². The summed E-state index contributed by atoms with van der Waals surface area (Å²) >= 11 is 0. The van der Waals surface area contributed by atoms with Crippen LogP contribution < -0.4 is 10.5 Å². The number of fused-ring (bicyclic) bond motifs is 1. The van der Waals surface area contributed by atoms with Gasteiger partial charge in [-0.3, -0.25) is 0 Å². The quantitative estimate of drug-likeness (QED) is 0.788. The fraction of sp³-hybridized carbons (Fsp3) is 0.200. The fourth-order valence-corrected chi connectivity index (χ4v) is 2.14. The predicted octanol–water partition coefficient (Wildman–Crippen LogP) is 2.60. The number of aromatic nitrogens is 2. The Kier molecular flexibility index (Phi) is 3.25. The molecule has 102 valence electrons. The smallest absolute Gasteiger partial charge is 0.198 e. The molecule has 0 aliphatic carbocycles. The zero-order valence-corrected chi connectivity index (χ0v) is 11.2. The Balaban J connectivity index is 1.79. The van der Waals surface area contributed by atoms with E-state index < -0.39 is 0 Å². The summed E-state index contributed by atoms with van der Waals surface area (Å²) < 4.78 is 11.0. The van der Waals surface area contributed by atoms with Gasteiger partial charge in [0.05, 0.1) is 19.0 Å². The molecule has 0 saturated carbocycles. The summed E-state index contributed by atoms with van der Waals surface area (Å²) in [5.41, 5.74) is 8.59. The molecule has 2 heterocycles. The van der Waals surface area contributed by atoms with Gasteiger partial charge in [0.1, 0.15) is 5.75 Å². The van der Waals surface area contributed by atoms with E-state index in [1.54, 1.807) is 19.4 Å². The highest BCUT2D eigenvalue weighted by Crippen LogP contribution is 2.21. The van der Waals surface area contributed by atoms with Crippen LogP contribution in [-0.4, -0.2) is 17.1 Å². The van der Waals surface area contributed by atoms with Gasteiger partial charge in [-0.05, 0) is 18.1 Å². The summed E-state index contributed by atoms with van der Waals surface area (Å²) in [6.07, 6.45) is 3.07. The molecule has 0 amide bonds. The molecule has 2 N–H and O–H groups in total. The van der Waals surface area contributed by atoms with Gasteiger partial charge >= 0.3 is 0 Å². The molecule has 5 heteroatoms. The molecule has 3 rings (SSSR count). The van der Waals surface area contributed by atoms with Crippen molar-refractivity contribution in [1.82, 2.24) is 9.97 Å². The van der Waals surface area contributed by atoms with Crippen LogP contribution in [0.2, 0.25) is 0 Å². The topological polar surface area (TPSA) is 74.2 Å². The van der Waals surface area contributed by atoms with Gasteiger partial charge in [-0.1, -0.05) is 18.2 Å². The lowest BCUT2D eigenvalue weighted by atomic mass is 10.1. The van der Waals surface area contributed by atoms with Crippen molar-refractivity contribution in [3.05, 3.63) is 48.0 Å². The number of hydrogen-bond acceptors (Lipinski definition) is 5. The third-order valence-electron chi connectivity index (χ3n) is 3.11. The number of rotatable bonds is 4. The van der Waals surface area contributed by atoms with Gasteiger partial charge in [0, 0.05) is 12.5 Å². The first-order valence-electron chi connectivity index (χ1n) is 6.39. The van der Waals surface area contributed by atoms with Crippen molar-refractivity contribution in [2.45, 2.75) is 12.8 Å². The maximum absolute atomic E-state index is 5.67. The van der Waals surface area contributed by atoms with Gasteiger partial charge in [-0.25, -0.2) is 4.98 Å². The van der Waals surface area contributed by atoms with Crippen molar-refractivity contribution in [3.63, 3.8) is 0 Å². The number of nitrogen functional groups attached to an aromatic ring is 1. The third kappa shape index (κ3) is 2.42. The van der Waals surface area contributed by atoms with Crippen LogP contribution in [0.4, 0.5) is 5.69 Å². The summed E-state index contributed by atoms with van der Waals surface area (Å²) in [6, 6.07) is 9.67. The number of benzene rings is 1. The second kappa shape index (κ2) is 5.21. The Labute approximate surface area is 116 Å². The Morgan fingerprint density at radius 3 is 2.95 bits per heavy atom. The van der Waals surface area contributed by atoms with Gasteiger partial charge in [0.25, 0.3) is 0 Å². The maximum Gasteiger partial charge on any atom is 0.198 e. The molecular formula is C15H15N3O2. The first kappa shape index (κ1) is 12.5. The standard InChI is InChI=1S/C15H15N3O2/c1-19-12-5-3-2-4-10(12)6-7-14-18-15-13(20-14)8-11(16)9-17-15/h2-5,8-9H,6-7,16H2,1H3. The normalized spacial score (nSPS) is 10.8. The van der Waals surface area contributed by atoms with Crippen molar-refractivity contribution in [2.75, 3.05) is 12.8 Å². The maximum atomic E-state index is 5.67. The molecule has 1 aromatic carbocycles. The molecule has 0 unspecified atom stereocenters. The molecule has 5 nitrogen and oxygen atoms in total. The minimum Gasteiger partial charge on any atom is -0.496 e. The van der Waals surface area contributed by atoms with Gasteiger partial charge in [-0.2, -0.15) is 4.98 Å². The molecule has 3 aromatic rings. The number of hydrogen-bond donors (Lipinski definition) is 1. The van der Waals surface area contributed by atoms with Crippen LogP contribution in [0.1, 0.15) is 11.5 Å². The molecule has 2 aromatic heterocycles. The van der Waals surface area contributed by atoms with E-state index in [0.717, 1.165) is 17.7 Å². The summed E-state index contributed by atoms with van der Waals surface area (Å²) in [5.74, 6) is 1.54. The second-order valence-corrected chi connectivity index (χ2v) is 4.51. The molecular weight excluding hydrogens is 254 g/mol. The molecule has 20 heavy (non-hydrogen) atoms. The van der Waals surface area contributed by atoms with Crippen molar-refractivity contribution in [2.24, 2.45) is 0 Å². The van der Waals surface area contributed by atoms with Crippen molar-refractivity contribution in [3.8, 4) is 5.75 Å². The van der Waals surface area contributed by atoms with Crippen molar-refractivity contribution < 1.29 is 9.15 Å². The van der Waals surface area contributed by atoms with Crippen LogP contribution in [-0.2, 0) is 12.8 Å². The van der Waals surface area contributed by atoms with Crippen LogP contribution in [0.5, 0.6) is 5.75 Å². The van der Waals surface area contributed by atoms with E-state index in [9.17, 15) is 0 Å². The lowest BCUT2D eigenvalue weighted by molar-refractivity contribution is 0.408. The van der Waals surface area contributed by atoms with Crippen molar-refractivity contribution >= 4 is 16.9 Å². The van der Waals surface area contributed by atoms with E-state index in [-0.39, 0.29) is 0 Å². The first-order chi connectivity index (χ1) is 9.76. The van der Waals surface area contributed by atoms with Crippen LogP contribution in [0, 0.1) is 0 Å². The van der Waals surface area contributed by atoms with E-state index in [1.807, 2.05) is 24.3 Å². The second-order valence-electron chi connectivity index (χ2n) is 4.51. The van der Waals surface area contributed by atoms with Crippen LogP contribution in [0.3, 0.4) is 0 Å². The van der Waals surface area contributed by atoms with E-state index >= 15 is 0 Å². The Morgan fingerprint density at radius 1 is 1.25 bits per heavy atom. The summed E-state index contributed by atoms with van der Waals surface area (Å²) in [6.45, 7) is 0. The molecule has 0 spiro atoms. The SMILES string of the molecule is COc1ccccc1CCc1nc2ncc(N)cc2o1. The fourth-order valence-electron chi connectivity index (χ4n) is 2.14. The number of nitrogens with two attached hydrogens (primary N) is 1. The average molecular weight is 269 g/mol. The Hall–Kier alpha value is -2.56. The molecule has 0 atom stereocenters. The minimum absolute atomic E-state index is 0.574.